The van der Waals surface area contributed by atoms with Gasteiger partial charge in [0, 0.05) is 24.6 Å². The van der Waals surface area contributed by atoms with Crippen molar-refractivity contribution >= 4 is 11.9 Å². The van der Waals surface area contributed by atoms with Gasteiger partial charge in [-0.15, -0.1) is 0 Å². The number of hydrogen-bond donors (Lipinski definition) is 2. The molecule has 1 saturated carbocycles. The number of methoxy groups -OCH3 is 2. The molecule has 6 nitrogen and oxygen atoms in total. The Morgan fingerprint density at radius 1 is 1.33 bits per heavy atom. The minimum atomic E-state index is -1.12. The molecule has 0 heterocycles. The molecule has 1 aliphatic carbocycles. The van der Waals surface area contributed by atoms with Crippen molar-refractivity contribution in [2.24, 2.45) is 5.92 Å². The molecular weight excluding hydrogens is 274 g/mol. The summed E-state index contributed by atoms with van der Waals surface area (Å²) in [6.45, 7) is 2.37. The smallest absolute Gasteiger partial charge is 0.339 e. The summed E-state index contributed by atoms with van der Waals surface area (Å²) in [5.41, 5.74) is 1.02. The SMILES string of the molecule is COC[C@H]1C[C@@H]1NC(=O)c1cc(C(=O)O)c(OC)cc1C. The van der Waals surface area contributed by atoms with Crippen LogP contribution in [0.2, 0.25) is 0 Å². The number of carboxylic acid groups (broad SMARTS) is 1. The zero-order chi connectivity index (χ0) is 15.6. The molecule has 6 heteroatoms. The fourth-order valence-electron chi connectivity index (χ4n) is 2.33. The fraction of sp³-hybridized carbons (Fsp3) is 0.467. The van der Waals surface area contributed by atoms with Gasteiger partial charge in [0.15, 0.2) is 0 Å². The van der Waals surface area contributed by atoms with E-state index in [0.29, 0.717) is 23.7 Å². The predicted octanol–water partition coefficient (Wildman–Crippen LogP) is 1.47. The van der Waals surface area contributed by atoms with E-state index in [4.69, 9.17) is 9.47 Å². The van der Waals surface area contributed by atoms with E-state index in [1.165, 1.54) is 13.2 Å². The van der Waals surface area contributed by atoms with Gasteiger partial charge in [-0.3, -0.25) is 4.79 Å². The highest BCUT2D eigenvalue weighted by atomic mass is 16.5. The average molecular weight is 293 g/mol. The van der Waals surface area contributed by atoms with Crippen LogP contribution in [0.3, 0.4) is 0 Å². The second-order valence-electron chi connectivity index (χ2n) is 5.20. The number of amides is 1. The van der Waals surface area contributed by atoms with Gasteiger partial charge in [0.2, 0.25) is 0 Å². The van der Waals surface area contributed by atoms with Gasteiger partial charge in [0.25, 0.3) is 5.91 Å². The highest BCUT2D eigenvalue weighted by molar-refractivity contribution is 6.00. The summed E-state index contributed by atoms with van der Waals surface area (Å²) >= 11 is 0. The van der Waals surface area contributed by atoms with Gasteiger partial charge in [-0.25, -0.2) is 4.79 Å². The molecule has 1 amide bonds. The normalized spacial score (nSPS) is 20.0. The Kier molecular flexibility index (Phi) is 4.47. The zero-order valence-corrected chi connectivity index (χ0v) is 12.3. The van der Waals surface area contributed by atoms with Crippen molar-refractivity contribution in [3.05, 3.63) is 28.8 Å². The molecule has 2 N–H and O–H groups in total. The molecule has 0 aliphatic heterocycles. The Morgan fingerprint density at radius 2 is 2.05 bits per heavy atom. The molecule has 0 unspecified atom stereocenters. The Balaban J connectivity index is 2.17. The van der Waals surface area contributed by atoms with Crippen molar-refractivity contribution in [1.82, 2.24) is 5.32 Å². The molecular formula is C15H19NO5. The maximum absolute atomic E-state index is 12.3. The van der Waals surface area contributed by atoms with Crippen LogP contribution in [-0.4, -0.2) is 43.9 Å². The molecule has 2 rings (SSSR count). The first-order chi connectivity index (χ1) is 9.97. The number of hydrogen-bond acceptors (Lipinski definition) is 4. The maximum Gasteiger partial charge on any atom is 0.339 e. The van der Waals surface area contributed by atoms with E-state index in [1.54, 1.807) is 20.1 Å². The van der Waals surface area contributed by atoms with Gasteiger partial charge in [0.1, 0.15) is 11.3 Å². The molecule has 1 aromatic carbocycles. The van der Waals surface area contributed by atoms with E-state index in [2.05, 4.69) is 5.32 Å². The van der Waals surface area contributed by atoms with Crippen LogP contribution in [0.5, 0.6) is 5.75 Å². The number of nitrogens with one attached hydrogen (secondary N) is 1. The fourth-order valence-corrected chi connectivity index (χ4v) is 2.33. The van der Waals surface area contributed by atoms with Gasteiger partial charge < -0.3 is 19.9 Å². The number of benzene rings is 1. The van der Waals surface area contributed by atoms with E-state index in [-0.39, 0.29) is 23.3 Å². The van der Waals surface area contributed by atoms with Crippen molar-refractivity contribution in [2.75, 3.05) is 20.8 Å². The number of aromatic carboxylic acids is 1. The minimum Gasteiger partial charge on any atom is -0.496 e. The minimum absolute atomic E-state index is 0.0162. The van der Waals surface area contributed by atoms with E-state index >= 15 is 0 Å². The highest BCUT2D eigenvalue weighted by Crippen LogP contribution is 2.31. The summed E-state index contributed by atoms with van der Waals surface area (Å²) in [6, 6.07) is 3.03. The van der Waals surface area contributed by atoms with Gasteiger partial charge in [-0.2, -0.15) is 0 Å². The first-order valence-electron chi connectivity index (χ1n) is 6.69. The van der Waals surface area contributed by atoms with Crippen LogP contribution in [0.25, 0.3) is 0 Å². The Hall–Kier alpha value is -2.08. The summed E-state index contributed by atoms with van der Waals surface area (Å²) in [7, 11) is 3.03. The second kappa shape index (κ2) is 6.13. The lowest BCUT2D eigenvalue weighted by Gasteiger charge is -2.11. The van der Waals surface area contributed by atoms with Crippen LogP contribution in [0, 0.1) is 12.8 Å². The Labute approximate surface area is 123 Å². The molecule has 1 aliphatic rings. The molecule has 1 fully saturated rings. The topological polar surface area (TPSA) is 84.9 Å². The zero-order valence-electron chi connectivity index (χ0n) is 12.3. The third kappa shape index (κ3) is 3.33. The summed E-state index contributed by atoms with van der Waals surface area (Å²) < 4.78 is 10.1. The summed E-state index contributed by atoms with van der Waals surface area (Å²) in [4.78, 5) is 23.5. The van der Waals surface area contributed by atoms with Crippen molar-refractivity contribution < 1.29 is 24.2 Å². The molecule has 0 aromatic heterocycles. The molecule has 21 heavy (non-hydrogen) atoms. The molecule has 1 aromatic rings. The molecule has 0 saturated heterocycles. The largest absolute Gasteiger partial charge is 0.496 e. The standard InChI is InChI=1S/C15H19NO5/c1-8-4-13(21-3)11(15(18)19)6-10(8)14(17)16-12-5-9(12)7-20-2/h4,6,9,12H,5,7H2,1-3H3,(H,16,17)(H,18,19)/t9-,12+/m1/s1. The quantitative estimate of drug-likeness (QED) is 0.829. The molecule has 2 atom stereocenters. The Bertz CT molecular complexity index is 569. The van der Waals surface area contributed by atoms with Gasteiger partial charge in [-0.1, -0.05) is 0 Å². The first kappa shape index (κ1) is 15.3. The van der Waals surface area contributed by atoms with Crippen LogP contribution >= 0.6 is 0 Å². The van der Waals surface area contributed by atoms with Crippen molar-refractivity contribution in [3.63, 3.8) is 0 Å². The van der Waals surface area contributed by atoms with Crippen LogP contribution in [0.1, 0.15) is 32.7 Å². The number of carboxylic acids is 1. The van der Waals surface area contributed by atoms with Gasteiger partial charge in [-0.05, 0) is 31.0 Å². The van der Waals surface area contributed by atoms with E-state index in [1.807, 2.05) is 0 Å². The predicted molar refractivity (Wildman–Crippen MR) is 75.9 cm³/mol. The summed E-state index contributed by atoms with van der Waals surface area (Å²) in [5.74, 6) is -0.789. The van der Waals surface area contributed by atoms with Crippen molar-refractivity contribution in [2.45, 2.75) is 19.4 Å². The summed E-state index contributed by atoms with van der Waals surface area (Å²) in [5, 5.41) is 12.1. The van der Waals surface area contributed by atoms with Gasteiger partial charge >= 0.3 is 5.97 Å². The number of carbonyl (C=O) groups is 2. The second-order valence-corrected chi connectivity index (χ2v) is 5.20. The monoisotopic (exact) mass is 293 g/mol. The third-order valence-electron chi connectivity index (χ3n) is 3.64. The lowest BCUT2D eigenvalue weighted by atomic mass is 10.0. The van der Waals surface area contributed by atoms with E-state index < -0.39 is 5.97 Å². The van der Waals surface area contributed by atoms with Crippen LogP contribution in [0.15, 0.2) is 12.1 Å². The number of aryl methyl sites for hydroxylation is 1. The third-order valence-corrected chi connectivity index (χ3v) is 3.64. The Morgan fingerprint density at radius 3 is 2.62 bits per heavy atom. The molecule has 0 radical (unpaired) electrons. The number of carbonyl (C=O) groups excluding carboxylic acids is 1. The van der Waals surface area contributed by atoms with Crippen LogP contribution in [-0.2, 0) is 4.74 Å². The summed E-state index contributed by atoms with van der Waals surface area (Å²) in [6.07, 6.45) is 0.889. The van der Waals surface area contributed by atoms with E-state index in [9.17, 15) is 14.7 Å². The lowest BCUT2D eigenvalue weighted by molar-refractivity contribution is 0.0693. The maximum atomic E-state index is 12.3. The van der Waals surface area contributed by atoms with Gasteiger partial charge in [0.05, 0.1) is 13.7 Å². The highest BCUT2D eigenvalue weighted by Gasteiger charge is 2.38. The van der Waals surface area contributed by atoms with Crippen molar-refractivity contribution in [3.8, 4) is 5.75 Å². The number of rotatable bonds is 6. The first-order valence-corrected chi connectivity index (χ1v) is 6.69. The van der Waals surface area contributed by atoms with E-state index in [0.717, 1.165) is 6.42 Å². The average Bonchev–Trinajstić information content (AvgIpc) is 3.16. The molecule has 114 valence electrons. The van der Waals surface area contributed by atoms with Crippen LogP contribution < -0.4 is 10.1 Å². The molecule has 0 spiro atoms. The molecule has 0 bridgehead atoms. The van der Waals surface area contributed by atoms with Crippen LogP contribution in [0.4, 0.5) is 0 Å². The lowest BCUT2D eigenvalue weighted by Crippen LogP contribution is -2.28. The number of ether oxygens (including phenoxy) is 2. The van der Waals surface area contributed by atoms with Crippen molar-refractivity contribution in [1.29, 1.82) is 0 Å².